The summed E-state index contributed by atoms with van der Waals surface area (Å²) >= 11 is 0. The van der Waals surface area contributed by atoms with Gasteiger partial charge in [-0.15, -0.1) is 0 Å². The molecule has 0 amide bonds. The van der Waals surface area contributed by atoms with Crippen molar-refractivity contribution in [2.24, 2.45) is 0 Å². The second kappa shape index (κ2) is 10.9. The molecule has 4 heteroatoms. The standard InChI is InChI=1S/C42H30N4/c1-3-7-39-35(5-1)37-27-43-23-21-41(37)45(39)33-17-13-31(14-18-33)25-29-9-11-30(12-10-29)26-32-15-19-34(20-16-32)46-40-8-4-2-6-36(40)38-28-44-24-22-42(38)46/h1-24,27-28H,25-26H2. The van der Waals surface area contributed by atoms with Crippen molar-refractivity contribution >= 4 is 43.6 Å². The molecule has 0 radical (unpaired) electrons. The van der Waals surface area contributed by atoms with E-state index in [-0.39, 0.29) is 0 Å². The van der Waals surface area contributed by atoms with Gasteiger partial charge < -0.3 is 9.13 Å². The molecule has 9 rings (SSSR count). The van der Waals surface area contributed by atoms with Gasteiger partial charge in [-0.2, -0.15) is 0 Å². The minimum atomic E-state index is 0.903. The van der Waals surface area contributed by atoms with Gasteiger partial charge >= 0.3 is 0 Å². The minimum Gasteiger partial charge on any atom is -0.309 e. The fourth-order valence-electron chi connectivity index (χ4n) is 6.96. The van der Waals surface area contributed by atoms with E-state index in [2.05, 4.69) is 153 Å². The van der Waals surface area contributed by atoms with Crippen molar-refractivity contribution < 1.29 is 0 Å². The van der Waals surface area contributed by atoms with Crippen LogP contribution in [0.5, 0.6) is 0 Å². The van der Waals surface area contributed by atoms with Gasteiger partial charge in [-0.3, -0.25) is 9.97 Å². The molecule has 0 bridgehead atoms. The summed E-state index contributed by atoms with van der Waals surface area (Å²) < 4.78 is 4.66. The Labute approximate surface area is 266 Å². The highest BCUT2D eigenvalue weighted by molar-refractivity contribution is 6.09. The number of nitrogens with zero attached hydrogens (tertiary/aromatic N) is 4. The van der Waals surface area contributed by atoms with Gasteiger partial charge in [-0.05, 0) is 83.6 Å². The quantitative estimate of drug-likeness (QED) is 0.193. The summed E-state index contributed by atoms with van der Waals surface area (Å²) in [6.07, 6.45) is 9.48. The molecule has 4 aromatic heterocycles. The van der Waals surface area contributed by atoms with Gasteiger partial charge in [0.25, 0.3) is 0 Å². The fourth-order valence-corrected chi connectivity index (χ4v) is 6.96. The molecule has 5 aromatic carbocycles. The zero-order chi connectivity index (χ0) is 30.5. The van der Waals surface area contributed by atoms with Crippen molar-refractivity contribution in [1.29, 1.82) is 0 Å². The first kappa shape index (κ1) is 26.4. The van der Waals surface area contributed by atoms with E-state index in [1.807, 2.05) is 24.8 Å². The van der Waals surface area contributed by atoms with E-state index in [0.29, 0.717) is 0 Å². The van der Waals surface area contributed by atoms with Crippen molar-refractivity contribution in [3.8, 4) is 11.4 Å². The van der Waals surface area contributed by atoms with Crippen LogP contribution in [-0.4, -0.2) is 19.1 Å². The lowest BCUT2D eigenvalue weighted by Crippen LogP contribution is -1.96. The zero-order valence-electron chi connectivity index (χ0n) is 25.2. The lowest BCUT2D eigenvalue weighted by molar-refractivity contribution is 1.13. The molecule has 0 saturated heterocycles. The van der Waals surface area contributed by atoms with Gasteiger partial charge in [0.1, 0.15) is 0 Å². The Hall–Kier alpha value is -6.00. The molecule has 4 nitrogen and oxygen atoms in total. The number of hydrogen-bond donors (Lipinski definition) is 0. The smallest absolute Gasteiger partial charge is 0.0571 e. The molecule has 0 fully saturated rings. The Morgan fingerprint density at radius 3 is 1.11 bits per heavy atom. The summed E-state index contributed by atoms with van der Waals surface area (Å²) in [5, 5.41) is 4.82. The minimum absolute atomic E-state index is 0.903. The molecular weight excluding hydrogens is 560 g/mol. The van der Waals surface area contributed by atoms with E-state index in [1.54, 1.807) is 0 Å². The molecule has 0 saturated carbocycles. The van der Waals surface area contributed by atoms with Gasteiger partial charge in [0.2, 0.25) is 0 Å². The van der Waals surface area contributed by atoms with Crippen LogP contribution in [0.1, 0.15) is 22.3 Å². The number of hydrogen-bond acceptors (Lipinski definition) is 2. The van der Waals surface area contributed by atoms with E-state index in [1.165, 1.54) is 65.9 Å². The number of benzene rings is 5. The van der Waals surface area contributed by atoms with Crippen molar-refractivity contribution in [2.45, 2.75) is 12.8 Å². The summed E-state index contributed by atoms with van der Waals surface area (Å²) in [6, 6.07) is 48.3. The highest BCUT2D eigenvalue weighted by Gasteiger charge is 2.13. The molecule has 0 atom stereocenters. The van der Waals surface area contributed by atoms with Crippen molar-refractivity contribution in [3.63, 3.8) is 0 Å². The number of para-hydroxylation sites is 2. The van der Waals surface area contributed by atoms with Crippen LogP contribution in [0.3, 0.4) is 0 Å². The second-order valence-electron chi connectivity index (χ2n) is 12.0. The molecule has 218 valence electrons. The largest absolute Gasteiger partial charge is 0.309 e. The Kier molecular flexibility index (Phi) is 6.24. The third-order valence-electron chi connectivity index (χ3n) is 9.18. The van der Waals surface area contributed by atoms with Gasteiger partial charge in [0.15, 0.2) is 0 Å². The third kappa shape index (κ3) is 4.46. The van der Waals surface area contributed by atoms with Crippen LogP contribution >= 0.6 is 0 Å². The first-order chi connectivity index (χ1) is 22.8. The third-order valence-corrected chi connectivity index (χ3v) is 9.18. The SMILES string of the molecule is c1ccc2c(c1)c1cnccc1n2-c1ccc(Cc2ccc(Cc3ccc(-n4c5ccccc5c5cnccc54)cc3)cc2)cc1. The average molecular weight is 591 g/mol. The van der Waals surface area contributed by atoms with E-state index < -0.39 is 0 Å². The van der Waals surface area contributed by atoms with Gasteiger partial charge in [-0.25, -0.2) is 0 Å². The van der Waals surface area contributed by atoms with Crippen molar-refractivity contribution in [2.75, 3.05) is 0 Å². The predicted octanol–water partition coefficient (Wildman–Crippen LogP) is 9.85. The molecule has 9 aromatic rings. The summed E-state index contributed by atoms with van der Waals surface area (Å²) in [4.78, 5) is 8.75. The highest BCUT2D eigenvalue weighted by Crippen LogP contribution is 2.33. The van der Waals surface area contributed by atoms with Crippen LogP contribution in [0.15, 0.2) is 158 Å². The maximum atomic E-state index is 4.38. The Morgan fingerprint density at radius 1 is 0.348 bits per heavy atom. The number of fused-ring (bicyclic) bond motifs is 6. The Bertz CT molecular complexity index is 2220. The summed E-state index contributed by atoms with van der Waals surface area (Å²) in [6.45, 7) is 0. The lowest BCUT2D eigenvalue weighted by Gasteiger charge is -2.10. The normalized spacial score (nSPS) is 11.7. The van der Waals surface area contributed by atoms with E-state index >= 15 is 0 Å². The first-order valence-corrected chi connectivity index (χ1v) is 15.7. The monoisotopic (exact) mass is 590 g/mol. The molecule has 0 N–H and O–H groups in total. The van der Waals surface area contributed by atoms with Gasteiger partial charge in [-0.1, -0.05) is 84.9 Å². The fraction of sp³-hybridized carbons (Fsp3) is 0.0476. The van der Waals surface area contributed by atoms with Crippen LogP contribution in [0.4, 0.5) is 0 Å². The molecule has 0 unspecified atom stereocenters. The molecule has 0 aliphatic heterocycles. The van der Waals surface area contributed by atoms with E-state index in [4.69, 9.17) is 0 Å². The molecule has 0 spiro atoms. The molecular formula is C42H30N4. The lowest BCUT2D eigenvalue weighted by atomic mass is 10.00. The molecule has 4 heterocycles. The van der Waals surface area contributed by atoms with E-state index in [9.17, 15) is 0 Å². The predicted molar refractivity (Wildman–Crippen MR) is 189 cm³/mol. The summed E-state index contributed by atoms with van der Waals surface area (Å²) in [7, 11) is 0. The van der Waals surface area contributed by atoms with Crippen LogP contribution in [0, 0.1) is 0 Å². The molecule has 0 aliphatic rings. The summed E-state index contributed by atoms with van der Waals surface area (Å²) in [5.41, 5.74) is 12.3. The number of pyridine rings is 2. The average Bonchev–Trinajstić information content (AvgIpc) is 3.63. The van der Waals surface area contributed by atoms with Crippen LogP contribution in [0.2, 0.25) is 0 Å². The van der Waals surface area contributed by atoms with Gasteiger partial charge in [0.05, 0.1) is 22.1 Å². The topological polar surface area (TPSA) is 35.6 Å². The maximum absolute atomic E-state index is 4.38. The van der Waals surface area contributed by atoms with Crippen LogP contribution < -0.4 is 0 Å². The summed E-state index contributed by atoms with van der Waals surface area (Å²) in [5.74, 6) is 0. The van der Waals surface area contributed by atoms with Crippen molar-refractivity contribution in [1.82, 2.24) is 19.1 Å². The van der Waals surface area contributed by atoms with Crippen LogP contribution in [-0.2, 0) is 12.8 Å². The first-order valence-electron chi connectivity index (χ1n) is 15.7. The number of rotatable bonds is 6. The number of aromatic nitrogens is 4. The maximum Gasteiger partial charge on any atom is 0.0571 e. The molecule has 0 aliphatic carbocycles. The highest BCUT2D eigenvalue weighted by atomic mass is 15.0. The van der Waals surface area contributed by atoms with Gasteiger partial charge in [0, 0.05) is 57.7 Å². The zero-order valence-corrected chi connectivity index (χ0v) is 25.2. The van der Waals surface area contributed by atoms with Crippen molar-refractivity contribution in [3.05, 3.63) is 181 Å². The van der Waals surface area contributed by atoms with E-state index in [0.717, 1.165) is 24.2 Å². The second-order valence-corrected chi connectivity index (χ2v) is 12.0. The van der Waals surface area contributed by atoms with Crippen LogP contribution in [0.25, 0.3) is 55.0 Å². The Balaban J connectivity index is 0.920. The molecule has 46 heavy (non-hydrogen) atoms. The Morgan fingerprint density at radius 2 is 0.696 bits per heavy atom.